The van der Waals surface area contributed by atoms with Crippen LogP contribution in [0.1, 0.15) is 25.7 Å². The van der Waals surface area contributed by atoms with Gasteiger partial charge in [0.25, 0.3) is 0 Å². The Labute approximate surface area is 120 Å². The Hall–Kier alpha value is -0.240. The summed E-state index contributed by atoms with van der Waals surface area (Å²) in [5, 5.41) is 38.9. The Balaban J connectivity index is 1.90. The van der Waals surface area contributed by atoms with E-state index in [9.17, 15) is 20.4 Å². The Morgan fingerprint density at radius 1 is 1.05 bits per heavy atom. The van der Waals surface area contributed by atoms with E-state index in [2.05, 4.69) is 0 Å². The lowest BCUT2D eigenvalue weighted by atomic mass is 9.85. The SMILES string of the molecule is COC1CCC(CN2C[C@H](O)[C@@H](O)[C@H](O)[C@H]2CO)CC1. The van der Waals surface area contributed by atoms with Crippen LogP contribution in [0.15, 0.2) is 0 Å². The molecule has 1 saturated heterocycles. The highest BCUT2D eigenvalue weighted by atomic mass is 16.5. The molecule has 4 atom stereocenters. The molecule has 4 N–H and O–H groups in total. The minimum Gasteiger partial charge on any atom is -0.395 e. The standard InChI is InChI=1S/C14H27NO5/c1-20-10-4-2-9(3-5-10)6-15-7-12(17)14(19)13(18)11(15)8-16/h9-14,16-19H,2-8H2,1H3/t9?,10?,11-,12+,13-,14-/m1/s1. The minimum absolute atomic E-state index is 0.210. The summed E-state index contributed by atoms with van der Waals surface area (Å²) in [5.74, 6) is 0.491. The topological polar surface area (TPSA) is 93.4 Å². The van der Waals surface area contributed by atoms with Gasteiger partial charge in [-0.25, -0.2) is 0 Å². The number of hydrogen-bond acceptors (Lipinski definition) is 6. The van der Waals surface area contributed by atoms with Crippen molar-refractivity contribution in [2.24, 2.45) is 5.92 Å². The molecule has 0 bridgehead atoms. The van der Waals surface area contributed by atoms with E-state index in [1.165, 1.54) is 0 Å². The molecule has 1 heterocycles. The van der Waals surface area contributed by atoms with Crippen molar-refractivity contribution in [1.29, 1.82) is 0 Å². The van der Waals surface area contributed by atoms with E-state index in [4.69, 9.17) is 4.74 Å². The van der Waals surface area contributed by atoms with Gasteiger partial charge in [-0.3, -0.25) is 4.90 Å². The van der Waals surface area contributed by atoms with Gasteiger partial charge in [0, 0.05) is 20.2 Å². The predicted molar refractivity (Wildman–Crippen MR) is 73.2 cm³/mol. The van der Waals surface area contributed by atoms with Crippen LogP contribution in [0.2, 0.25) is 0 Å². The van der Waals surface area contributed by atoms with Gasteiger partial charge in [-0.1, -0.05) is 0 Å². The summed E-state index contributed by atoms with van der Waals surface area (Å²) in [6.45, 7) is 0.828. The van der Waals surface area contributed by atoms with Crippen molar-refractivity contribution >= 4 is 0 Å². The maximum absolute atomic E-state index is 9.96. The third-order valence-corrected chi connectivity index (χ3v) is 4.84. The van der Waals surface area contributed by atoms with Crippen LogP contribution >= 0.6 is 0 Å². The number of hydrogen-bond donors (Lipinski definition) is 4. The van der Waals surface area contributed by atoms with Gasteiger partial charge in [-0.2, -0.15) is 0 Å². The smallest absolute Gasteiger partial charge is 0.109 e. The van der Waals surface area contributed by atoms with Crippen molar-refractivity contribution in [2.75, 3.05) is 26.8 Å². The first-order valence-electron chi connectivity index (χ1n) is 7.48. The fraction of sp³-hybridized carbons (Fsp3) is 1.00. The number of rotatable bonds is 4. The van der Waals surface area contributed by atoms with Gasteiger partial charge in [0.2, 0.25) is 0 Å². The van der Waals surface area contributed by atoms with Gasteiger partial charge in [-0.05, 0) is 31.6 Å². The fourth-order valence-electron chi connectivity index (χ4n) is 3.47. The summed E-state index contributed by atoms with van der Waals surface area (Å²) in [6.07, 6.45) is 1.30. The van der Waals surface area contributed by atoms with E-state index in [1.54, 1.807) is 7.11 Å². The normalized spacial score (nSPS) is 43.6. The average molecular weight is 289 g/mol. The fourth-order valence-corrected chi connectivity index (χ4v) is 3.47. The molecule has 0 amide bonds. The van der Waals surface area contributed by atoms with E-state index < -0.39 is 24.4 Å². The van der Waals surface area contributed by atoms with Crippen molar-refractivity contribution in [2.45, 2.75) is 56.1 Å². The molecular formula is C14H27NO5. The lowest BCUT2D eigenvalue weighted by Gasteiger charge is -2.45. The van der Waals surface area contributed by atoms with E-state index in [1.807, 2.05) is 4.90 Å². The highest BCUT2D eigenvalue weighted by Crippen LogP contribution is 2.29. The van der Waals surface area contributed by atoms with Gasteiger partial charge in [0.1, 0.15) is 12.2 Å². The van der Waals surface area contributed by atoms with Crippen molar-refractivity contribution in [3.63, 3.8) is 0 Å². The quantitative estimate of drug-likeness (QED) is 0.528. The van der Waals surface area contributed by atoms with Crippen LogP contribution in [0.25, 0.3) is 0 Å². The second kappa shape index (κ2) is 7.15. The van der Waals surface area contributed by atoms with Crippen LogP contribution in [0, 0.1) is 5.92 Å². The van der Waals surface area contributed by atoms with Gasteiger partial charge < -0.3 is 25.2 Å². The third-order valence-electron chi connectivity index (χ3n) is 4.84. The molecule has 0 aromatic carbocycles. The molecule has 118 valence electrons. The number of methoxy groups -OCH3 is 1. The average Bonchev–Trinajstić information content (AvgIpc) is 2.46. The van der Waals surface area contributed by atoms with E-state index >= 15 is 0 Å². The maximum atomic E-state index is 9.96. The molecule has 1 aliphatic heterocycles. The minimum atomic E-state index is -1.17. The van der Waals surface area contributed by atoms with Crippen LogP contribution < -0.4 is 0 Å². The maximum Gasteiger partial charge on any atom is 0.109 e. The Morgan fingerprint density at radius 3 is 2.25 bits per heavy atom. The lowest BCUT2D eigenvalue weighted by molar-refractivity contribution is -0.148. The van der Waals surface area contributed by atoms with E-state index in [-0.39, 0.29) is 6.61 Å². The van der Waals surface area contributed by atoms with Crippen LogP contribution in [0.3, 0.4) is 0 Å². The summed E-state index contributed by atoms with van der Waals surface area (Å²) in [6, 6.07) is -0.492. The number of aliphatic hydroxyl groups excluding tert-OH is 4. The molecule has 0 radical (unpaired) electrons. The molecule has 2 aliphatic rings. The molecule has 20 heavy (non-hydrogen) atoms. The first kappa shape index (κ1) is 16.1. The summed E-state index contributed by atoms with van der Waals surface area (Å²) in [5.41, 5.74) is 0. The van der Waals surface area contributed by atoms with Crippen LogP contribution in [-0.4, -0.2) is 82.6 Å². The summed E-state index contributed by atoms with van der Waals surface area (Å²) >= 11 is 0. The lowest BCUT2D eigenvalue weighted by Crippen LogP contribution is -2.63. The number of aliphatic hydroxyl groups is 4. The second-order valence-corrected chi connectivity index (χ2v) is 6.13. The molecule has 2 rings (SSSR count). The van der Waals surface area contributed by atoms with Crippen LogP contribution in [0.4, 0.5) is 0 Å². The molecule has 0 spiro atoms. The van der Waals surface area contributed by atoms with Crippen molar-refractivity contribution in [3.05, 3.63) is 0 Å². The molecular weight excluding hydrogens is 262 g/mol. The summed E-state index contributed by atoms with van der Waals surface area (Å²) in [7, 11) is 1.74. The van der Waals surface area contributed by atoms with Crippen molar-refractivity contribution in [3.8, 4) is 0 Å². The monoisotopic (exact) mass is 289 g/mol. The Kier molecular flexibility index (Phi) is 5.77. The van der Waals surface area contributed by atoms with Crippen molar-refractivity contribution in [1.82, 2.24) is 4.90 Å². The molecule has 2 fully saturated rings. The van der Waals surface area contributed by atoms with Gasteiger partial charge in [0.05, 0.1) is 24.9 Å². The van der Waals surface area contributed by atoms with Gasteiger partial charge >= 0.3 is 0 Å². The zero-order valence-electron chi connectivity index (χ0n) is 12.1. The number of piperidine rings is 1. The predicted octanol–water partition coefficient (Wildman–Crippen LogP) is -1.05. The van der Waals surface area contributed by atoms with Gasteiger partial charge in [-0.15, -0.1) is 0 Å². The highest BCUT2D eigenvalue weighted by molar-refractivity contribution is 4.95. The molecule has 0 unspecified atom stereocenters. The van der Waals surface area contributed by atoms with Crippen LogP contribution in [0.5, 0.6) is 0 Å². The Bertz CT molecular complexity index is 295. The zero-order valence-corrected chi connectivity index (χ0v) is 12.1. The molecule has 6 nitrogen and oxygen atoms in total. The zero-order chi connectivity index (χ0) is 14.7. The number of likely N-dealkylation sites (tertiary alicyclic amines) is 1. The molecule has 0 aromatic heterocycles. The molecule has 1 saturated carbocycles. The summed E-state index contributed by atoms with van der Waals surface area (Å²) < 4.78 is 5.35. The first-order valence-corrected chi connectivity index (χ1v) is 7.48. The number of nitrogens with zero attached hydrogens (tertiary/aromatic N) is 1. The molecule has 0 aromatic rings. The summed E-state index contributed by atoms with van der Waals surface area (Å²) in [4.78, 5) is 1.92. The largest absolute Gasteiger partial charge is 0.395 e. The van der Waals surface area contributed by atoms with E-state index in [0.717, 1.165) is 32.2 Å². The molecule has 6 heteroatoms. The number of β-amino-alcohol motifs (C(OH)–C–C–N with tert-alkyl or cyclic N) is 1. The third kappa shape index (κ3) is 3.50. The van der Waals surface area contributed by atoms with Crippen LogP contribution in [-0.2, 0) is 4.74 Å². The van der Waals surface area contributed by atoms with Crippen molar-refractivity contribution < 1.29 is 25.2 Å². The number of ether oxygens (including phenoxy) is 1. The Morgan fingerprint density at radius 2 is 1.70 bits per heavy atom. The van der Waals surface area contributed by atoms with E-state index in [0.29, 0.717) is 18.6 Å². The molecule has 1 aliphatic carbocycles. The first-order chi connectivity index (χ1) is 9.56. The second-order valence-electron chi connectivity index (χ2n) is 6.13. The highest BCUT2D eigenvalue weighted by Gasteiger charge is 2.41. The van der Waals surface area contributed by atoms with Gasteiger partial charge in [0.15, 0.2) is 0 Å².